The molecule has 0 bridgehead atoms. The van der Waals surface area contributed by atoms with Gasteiger partial charge in [-0.15, -0.1) is 19.0 Å². The van der Waals surface area contributed by atoms with Gasteiger partial charge in [0.05, 0.1) is 0 Å². The van der Waals surface area contributed by atoms with Crippen LogP contribution < -0.4 is 10.1 Å². The number of ether oxygens (including phenoxy) is 1. The zero-order valence-corrected chi connectivity index (χ0v) is 15.4. The van der Waals surface area contributed by atoms with Crippen LogP contribution in [0.4, 0.5) is 0 Å². The van der Waals surface area contributed by atoms with E-state index >= 15 is 0 Å². The van der Waals surface area contributed by atoms with Crippen LogP contribution in [0.15, 0.2) is 49.1 Å². The van der Waals surface area contributed by atoms with Gasteiger partial charge in [0, 0.05) is 39.3 Å². The highest BCUT2D eigenvalue weighted by atomic mass is 35.5. The monoisotopic (exact) mass is 391 g/mol. The predicted molar refractivity (Wildman–Crippen MR) is 101 cm³/mol. The first-order valence-electron chi connectivity index (χ1n) is 6.77. The van der Waals surface area contributed by atoms with E-state index in [0.717, 1.165) is 23.4 Å². The van der Waals surface area contributed by atoms with Crippen molar-refractivity contribution in [1.29, 1.82) is 0 Å². The minimum absolute atomic E-state index is 0. The average Bonchev–Trinajstić information content (AvgIpc) is 2.48. The first kappa shape index (κ1) is 20.1. The highest BCUT2D eigenvalue weighted by Crippen LogP contribution is 2.26. The minimum Gasteiger partial charge on any atom is -0.489 e. The van der Waals surface area contributed by atoms with Crippen LogP contribution >= 0.6 is 47.2 Å². The summed E-state index contributed by atoms with van der Waals surface area (Å²) in [5, 5.41) is 5.11. The Labute approximate surface area is 157 Å². The largest absolute Gasteiger partial charge is 0.489 e. The molecule has 0 heterocycles. The van der Waals surface area contributed by atoms with E-state index in [1.54, 1.807) is 24.3 Å². The molecular formula is C17H17Cl4NO. The fourth-order valence-corrected chi connectivity index (χ4v) is 2.59. The van der Waals surface area contributed by atoms with Gasteiger partial charge in [0.25, 0.3) is 0 Å². The van der Waals surface area contributed by atoms with E-state index in [1.165, 1.54) is 0 Å². The second-order valence-electron chi connectivity index (χ2n) is 4.70. The smallest absolute Gasteiger partial charge is 0.124 e. The zero-order chi connectivity index (χ0) is 15.9. The lowest BCUT2D eigenvalue weighted by molar-refractivity contribution is 0.302. The Bertz CT molecular complexity index is 661. The molecule has 1 N–H and O–H groups in total. The molecule has 0 radical (unpaired) electrons. The van der Waals surface area contributed by atoms with Crippen molar-refractivity contribution in [1.82, 2.24) is 5.32 Å². The molecule has 2 rings (SSSR count). The second-order valence-corrected chi connectivity index (χ2v) is 5.98. The number of rotatable bonds is 7. The summed E-state index contributed by atoms with van der Waals surface area (Å²) in [6.07, 6.45) is 1.80. The summed E-state index contributed by atoms with van der Waals surface area (Å²) >= 11 is 18.1. The maximum atomic E-state index is 6.15. The fourth-order valence-electron chi connectivity index (χ4n) is 1.93. The average molecular weight is 393 g/mol. The van der Waals surface area contributed by atoms with Gasteiger partial charge in [-0.05, 0) is 30.3 Å². The summed E-state index contributed by atoms with van der Waals surface area (Å²) in [5.74, 6) is 0.770. The van der Waals surface area contributed by atoms with Crippen LogP contribution in [0.25, 0.3) is 0 Å². The number of nitrogens with one attached hydrogen (secondary N) is 1. The van der Waals surface area contributed by atoms with Gasteiger partial charge in [0.15, 0.2) is 0 Å². The Kier molecular flexibility index (Phi) is 8.82. The van der Waals surface area contributed by atoms with E-state index in [2.05, 4.69) is 11.9 Å². The van der Waals surface area contributed by atoms with Crippen molar-refractivity contribution in [2.45, 2.75) is 13.2 Å². The molecule has 0 aliphatic heterocycles. The molecule has 0 atom stereocenters. The Morgan fingerprint density at radius 2 is 1.70 bits per heavy atom. The molecule has 2 aromatic carbocycles. The van der Waals surface area contributed by atoms with Gasteiger partial charge < -0.3 is 10.1 Å². The third-order valence-electron chi connectivity index (χ3n) is 3.02. The topological polar surface area (TPSA) is 21.3 Å². The molecule has 0 aromatic heterocycles. The number of hydrogen-bond acceptors (Lipinski definition) is 2. The quantitative estimate of drug-likeness (QED) is 0.466. The Morgan fingerprint density at radius 3 is 2.39 bits per heavy atom. The van der Waals surface area contributed by atoms with Crippen molar-refractivity contribution in [3.05, 3.63) is 75.2 Å². The van der Waals surface area contributed by atoms with Crippen molar-refractivity contribution in [2.75, 3.05) is 6.54 Å². The number of halogens is 4. The van der Waals surface area contributed by atoms with Crippen LogP contribution in [0.3, 0.4) is 0 Å². The fraction of sp³-hybridized carbons (Fsp3) is 0.176. The van der Waals surface area contributed by atoms with Crippen molar-refractivity contribution >= 4 is 47.2 Å². The summed E-state index contributed by atoms with van der Waals surface area (Å²) in [6, 6.07) is 10.9. The molecule has 0 fully saturated rings. The van der Waals surface area contributed by atoms with Gasteiger partial charge in [-0.1, -0.05) is 46.9 Å². The highest BCUT2D eigenvalue weighted by molar-refractivity contribution is 6.35. The molecule has 0 aliphatic rings. The molecule has 2 nitrogen and oxygen atoms in total. The molecule has 23 heavy (non-hydrogen) atoms. The molecule has 0 amide bonds. The van der Waals surface area contributed by atoms with Crippen molar-refractivity contribution in [3.8, 4) is 5.75 Å². The summed E-state index contributed by atoms with van der Waals surface area (Å²) < 4.78 is 5.88. The molecule has 0 unspecified atom stereocenters. The van der Waals surface area contributed by atoms with E-state index in [1.807, 2.05) is 18.2 Å². The molecular weight excluding hydrogens is 376 g/mol. The summed E-state index contributed by atoms with van der Waals surface area (Å²) in [5.41, 5.74) is 1.87. The lowest BCUT2D eigenvalue weighted by Gasteiger charge is -2.13. The van der Waals surface area contributed by atoms with Gasteiger partial charge in [-0.25, -0.2) is 0 Å². The minimum atomic E-state index is 0. The molecule has 6 heteroatoms. The van der Waals surface area contributed by atoms with E-state index < -0.39 is 0 Å². The zero-order valence-electron chi connectivity index (χ0n) is 12.3. The van der Waals surface area contributed by atoms with Crippen molar-refractivity contribution < 1.29 is 4.74 Å². The molecule has 124 valence electrons. The lowest BCUT2D eigenvalue weighted by Crippen LogP contribution is -2.13. The van der Waals surface area contributed by atoms with Crippen molar-refractivity contribution in [3.63, 3.8) is 0 Å². The van der Waals surface area contributed by atoms with Crippen LogP contribution in [0.1, 0.15) is 11.1 Å². The summed E-state index contributed by atoms with van der Waals surface area (Å²) in [7, 11) is 0. The number of benzene rings is 2. The molecule has 0 spiro atoms. The van der Waals surface area contributed by atoms with E-state index in [4.69, 9.17) is 39.5 Å². The molecule has 0 aliphatic carbocycles. The third kappa shape index (κ3) is 6.25. The molecule has 0 saturated carbocycles. The molecule has 2 aromatic rings. The predicted octanol–water partition coefficient (Wildman–Crippen LogP) is 5.92. The Hall–Kier alpha value is -0.900. The maximum absolute atomic E-state index is 6.15. The van der Waals surface area contributed by atoms with Crippen LogP contribution in [0, 0.1) is 0 Å². The van der Waals surface area contributed by atoms with Crippen molar-refractivity contribution in [2.24, 2.45) is 0 Å². The number of hydrogen-bond donors (Lipinski definition) is 1. The second kappa shape index (κ2) is 10.1. The summed E-state index contributed by atoms with van der Waals surface area (Å²) in [6.45, 7) is 5.41. The Balaban J connectivity index is 0.00000264. The van der Waals surface area contributed by atoms with Gasteiger partial charge in [-0.2, -0.15) is 0 Å². The standard InChI is InChI=1S/C17H16Cl3NO.ClH/c1-2-7-21-10-13-8-14(18)5-6-17(13)22-11-12-3-4-15(19)9-16(12)20;/h2-6,8-9,21H,1,7,10-11H2;1H. The van der Waals surface area contributed by atoms with E-state index in [9.17, 15) is 0 Å². The van der Waals surface area contributed by atoms with Gasteiger partial charge in [-0.3, -0.25) is 0 Å². The van der Waals surface area contributed by atoms with Crippen LogP contribution in [0.2, 0.25) is 15.1 Å². The third-order valence-corrected chi connectivity index (χ3v) is 3.85. The highest BCUT2D eigenvalue weighted by Gasteiger charge is 2.07. The van der Waals surface area contributed by atoms with Crippen LogP contribution in [-0.2, 0) is 13.2 Å². The molecule has 0 saturated heterocycles. The maximum Gasteiger partial charge on any atom is 0.124 e. The van der Waals surface area contributed by atoms with Gasteiger partial charge in [0.2, 0.25) is 0 Å². The normalized spacial score (nSPS) is 10.0. The van der Waals surface area contributed by atoms with Crippen LogP contribution in [0.5, 0.6) is 5.75 Å². The first-order chi connectivity index (χ1) is 10.6. The van der Waals surface area contributed by atoms with Crippen LogP contribution in [-0.4, -0.2) is 6.54 Å². The van der Waals surface area contributed by atoms with E-state index in [-0.39, 0.29) is 12.4 Å². The van der Waals surface area contributed by atoms with Gasteiger partial charge in [0.1, 0.15) is 12.4 Å². The Morgan fingerprint density at radius 1 is 1.00 bits per heavy atom. The summed E-state index contributed by atoms with van der Waals surface area (Å²) in [4.78, 5) is 0. The van der Waals surface area contributed by atoms with E-state index in [0.29, 0.717) is 28.2 Å². The van der Waals surface area contributed by atoms with Gasteiger partial charge >= 0.3 is 0 Å². The first-order valence-corrected chi connectivity index (χ1v) is 7.90. The lowest BCUT2D eigenvalue weighted by atomic mass is 10.2. The SMILES string of the molecule is C=CCNCc1cc(Cl)ccc1OCc1ccc(Cl)cc1Cl.Cl.